The summed E-state index contributed by atoms with van der Waals surface area (Å²) in [4.78, 5) is 0. The van der Waals surface area contributed by atoms with Crippen molar-refractivity contribution in [2.75, 3.05) is 0 Å². The molecule has 0 saturated carbocycles. The van der Waals surface area contributed by atoms with Crippen molar-refractivity contribution in [3.05, 3.63) is 44.9 Å². The molecule has 0 aliphatic rings. The predicted molar refractivity (Wildman–Crippen MR) is 55.8 cm³/mol. The number of rotatable bonds is 2. The third-order valence-corrected chi connectivity index (χ3v) is 2.21. The highest BCUT2D eigenvalue weighted by Gasteiger charge is 2.10. The van der Waals surface area contributed by atoms with E-state index in [4.69, 9.17) is 0 Å². The van der Waals surface area contributed by atoms with Gasteiger partial charge < -0.3 is 0 Å². The summed E-state index contributed by atoms with van der Waals surface area (Å²) >= 11 is 6.06. The summed E-state index contributed by atoms with van der Waals surface area (Å²) in [6.45, 7) is 3.53. The molecule has 0 spiro atoms. The van der Waals surface area contributed by atoms with Gasteiger partial charge in [-0.25, -0.2) is 8.78 Å². The summed E-state index contributed by atoms with van der Waals surface area (Å²) in [5, 5.41) is 0. The number of allylic oxidation sites excluding steroid dienone is 1. The van der Waals surface area contributed by atoms with Gasteiger partial charge in [0, 0.05) is 16.5 Å². The first-order chi connectivity index (χ1) is 6.00. The van der Waals surface area contributed by atoms with Crippen LogP contribution in [0.5, 0.6) is 0 Å². The highest BCUT2D eigenvalue weighted by atomic mass is 79.9. The Balaban J connectivity index is 3.13. The summed E-state index contributed by atoms with van der Waals surface area (Å²) in [5.41, 5.74) is 0.0325. The van der Waals surface area contributed by atoms with Crippen LogP contribution in [0.1, 0.15) is 5.56 Å². The second-order valence-corrected chi connectivity index (χ2v) is 4.58. The molecule has 0 saturated heterocycles. The van der Waals surface area contributed by atoms with Crippen LogP contribution in [0.2, 0.25) is 0 Å². The Morgan fingerprint density at radius 3 is 2.15 bits per heavy atom. The normalized spacial score (nSPS) is 10.2. The van der Waals surface area contributed by atoms with Gasteiger partial charge in [0.1, 0.15) is 11.6 Å². The third kappa shape index (κ3) is 2.88. The molecular formula is C9H6Br2F2. The van der Waals surface area contributed by atoms with Crippen LogP contribution in [0.4, 0.5) is 8.78 Å². The molecule has 0 unspecified atom stereocenters. The van der Waals surface area contributed by atoms with Gasteiger partial charge in [-0.15, -0.1) is 0 Å². The Bertz CT molecular complexity index is 324. The molecule has 0 aliphatic heterocycles. The van der Waals surface area contributed by atoms with Gasteiger partial charge in [0.05, 0.1) is 0 Å². The third-order valence-electron chi connectivity index (χ3n) is 1.47. The van der Waals surface area contributed by atoms with E-state index >= 15 is 0 Å². The van der Waals surface area contributed by atoms with Crippen LogP contribution in [0, 0.1) is 11.6 Å². The Morgan fingerprint density at radius 1 is 1.31 bits per heavy atom. The van der Waals surface area contributed by atoms with Crippen LogP contribution >= 0.6 is 31.9 Å². The lowest BCUT2D eigenvalue weighted by molar-refractivity contribution is 0.561. The molecule has 13 heavy (non-hydrogen) atoms. The smallest absolute Gasteiger partial charge is 0.130 e. The lowest BCUT2D eigenvalue weighted by Crippen LogP contribution is -1.95. The Kier molecular flexibility index (Phi) is 3.62. The summed E-state index contributed by atoms with van der Waals surface area (Å²) in [5.74, 6) is -1.13. The second-order valence-electron chi connectivity index (χ2n) is 2.54. The lowest BCUT2D eigenvalue weighted by Gasteiger charge is -2.04. The van der Waals surface area contributed by atoms with E-state index in [1.165, 1.54) is 12.1 Å². The molecule has 4 heteroatoms. The average molecular weight is 312 g/mol. The highest BCUT2D eigenvalue weighted by molar-refractivity contribution is 9.11. The maximum Gasteiger partial charge on any atom is 0.130 e. The standard InChI is InChI=1S/C9H6Br2F2/c1-5(10)2-7-8(12)3-6(11)4-9(7)13/h3-4H,1-2H2. The van der Waals surface area contributed by atoms with Crippen molar-refractivity contribution >= 4 is 31.9 Å². The van der Waals surface area contributed by atoms with Gasteiger partial charge in [-0.1, -0.05) is 38.4 Å². The van der Waals surface area contributed by atoms with Crippen molar-refractivity contribution < 1.29 is 8.78 Å². The zero-order chi connectivity index (χ0) is 10.0. The second kappa shape index (κ2) is 4.33. The first-order valence-corrected chi connectivity index (χ1v) is 5.06. The van der Waals surface area contributed by atoms with Gasteiger partial charge in [-0.05, 0) is 16.6 Å². The lowest BCUT2D eigenvalue weighted by atomic mass is 10.1. The van der Waals surface area contributed by atoms with E-state index in [0.717, 1.165) is 0 Å². The van der Waals surface area contributed by atoms with Crippen molar-refractivity contribution in [1.82, 2.24) is 0 Å². The summed E-state index contributed by atoms with van der Waals surface area (Å²) in [6.07, 6.45) is 0.158. The van der Waals surface area contributed by atoms with Gasteiger partial charge in [0.15, 0.2) is 0 Å². The minimum atomic E-state index is -0.563. The van der Waals surface area contributed by atoms with E-state index in [-0.39, 0.29) is 12.0 Å². The van der Waals surface area contributed by atoms with Crippen LogP contribution in [0.3, 0.4) is 0 Å². The van der Waals surface area contributed by atoms with Crippen LogP contribution in [0.15, 0.2) is 27.7 Å². The maximum atomic E-state index is 13.1. The fourth-order valence-corrected chi connectivity index (χ4v) is 1.62. The maximum absolute atomic E-state index is 13.1. The molecule has 1 aromatic carbocycles. The molecular weight excluding hydrogens is 306 g/mol. The number of hydrogen-bond donors (Lipinski definition) is 0. The van der Waals surface area contributed by atoms with E-state index < -0.39 is 11.6 Å². The van der Waals surface area contributed by atoms with Crippen molar-refractivity contribution in [3.63, 3.8) is 0 Å². The molecule has 0 radical (unpaired) electrons. The Labute approximate surface area is 91.9 Å². The van der Waals surface area contributed by atoms with Gasteiger partial charge in [0.2, 0.25) is 0 Å². The quantitative estimate of drug-likeness (QED) is 0.768. The molecule has 0 bridgehead atoms. The molecule has 70 valence electrons. The SMILES string of the molecule is C=C(Br)Cc1c(F)cc(Br)cc1F. The number of halogens is 4. The molecule has 0 aromatic heterocycles. The molecule has 1 rings (SSSR count). The topological polar surface area (TPSA) is 0 Å². The van der Waals surface area contributed by atoms with Gasteiger partial charge >= 0.3 is 0 Å². The zero-order valence-electron chi connectivity index (χ0n) is 6.58. The fraction of sp³-hybridized carbons (Fsp3) is 0.111. The first-order valence-electron chi connectivity index (χ1n) is 3.47. The Morgan fingerprint density at radius 2 is 1.77 bits per heavy atom. The first kappa shape index (κ1) is 10.9. The molecule has 0 atom stereocenters. The molecule has 0 fully saturated rings. The summed E-state index contributed by atoms with van der Waals surface area (Å²) in [6, 6.07) is 2.46. The zero-order valence-corrected chi connectivity index (χ0v) is 9.75. The van der Waals surface area contributed by atoms with Crippen LogP contribution < -0.4 is 0 Å². The van der Waals surface area contributed by atoms with Crippen LogP contribution in [-0.2, 0) is 6.42 Å². The highest BCUT2D eigenvalue weighted by Crippen LogP contribution is 2.22. The number of hydrogen-bond acceptors (Lipinski definition) is 0. The van der Waals surface area contributed by atoms with Gasteiger partial charge in [-0.3, -0.25) is 0 Å². The average Bonchev–Trinajstić information content (AvgIpc) is 1.96. The largest absolute Gasteiger partial charge is 0.207 e. The van der Waals surface area contributed by atoms with Crippen molar-refractivity contribution in [2.24, 2.45) is 0 Å². The van der Waals surface area contributed by atoms with E-state index in [0.29, 0.717) is 8.96 Å². The monoisotopic (exact) mass is 310 g/mol. The minimum Gasteiger partial charge on any atom is -0.207 e. The molecule has 0 heterocycles. The molecule has 0 nitrogen and oxygen atoms in total. The van der Waals surface area contributed by atoms with E-state index in [2.05, 4.69) is 38.4 Å². The predicted octanol–water partition coefficient (Wildman–Crippen LogP) is 4.18. The van der Waals surface area contributed by atoms with E-state index in [1.54, 1.807) is 0 Å². The molecule has 0 N–H and O–H groups in total. The van der Waals surface area contributed by atoms with E-state index in [9.17, 15) is 8.78 Å². The van der Waals surface area contributed by atoms with Gasteiger partial charge in [0.25, 0.3) is 0 Å². The van der Waals surface area contributed by atoms with Crippen molar-refractivity contribution in [3.8, 4) is 0 Å². The fourth-order valence-electron chi connectivity index (χ4n) is 0.933. The minimum absolute atomic E-state index is 0.0325. The molecule has 0 aliphatic carbocycles. The van der Waals surface area contributed by atoms with Crippen LogP contribution in [0.25, 0.3) is 0 Å². The summed E-state index contributed by atoms with van der Waals surface area (Å²) in [7, 11) is 0. The van der Waals surface area contributed by atoms with Crippen molar-refractivity contribution in [1.29, 1.82) is 0 Å². The molecule has 1 aromatic rings. The van der Waals surface area contributed by atoms with E-state index in [1.807, 2.05) is 0 Å². The summed E-state index contributed by atoms with van der Waals surface area (Å²) < 4.78 is 27.2. The van der Waals surface area contributed by atoms with Crippen molar-refractivity contribution in [2.45, 2.75) is 6.42 Å². The van der Waals surface area contributed by atoms with Crippen LogP contribution in [-0.4, -0.2) is 0 Å². The van der Waals surface area contributed by atoms with Gasteiger partial charge in [-0.2, -0.15) is 0 Å². The Hall–Kier alpha value is -0.220. The molecule has 0 amide bonds. The number of benzene rings is 1.